The van der Waals surface area contributed by atoms with E-state index in [0.29, 0.717) is 25.4 Å². The number of aliphatic hydroxyl groups is 1. The van der Waals surface area contributed by atoms with Gasteiger partial charge in [-0.1, -0.05) is 62.2 Å². The second kappa shape index (κ2) is 13.7. The molecule has 1 unspecified atom stereocenters. The smallest absolute Gasteiger partial charge is 0.296 e. The number of rotatable bonds is 11. The van der Waals surface area contributed by atoms with Crippen LogP contribution in [0.2, 0.25) is 0 Å². The summed E-state index contributed by atoms with van der Waals surface area (Å²) in [5.41, 5.74) is 3.25. The minimum absolute atomic E-state index is 0.135. The van der Waals surface area contributed by atoms with Gasteiger partial charge >= 0.3 is 0 Å². The summed E-state index contributed by atoms with van der Waals surface area (Å²) in [4.78, 5) is 28.1. The molecule has 0 aromatic heterocycles. The van der Waals surface area contributed by atoms with E-state index in [1.807, 2.05) is 35.2 Å². The molecule has 35 heavy (non-hydrogen) atoms. The Balaban J connectivity index is 1.53. The largest absolute Gasteiger partial charge is 0.390 e. The first-order valence-electron chi connectivity index (χ1n) is 12.5. The van der Waals surface area contributed by atoms with Crippen LogP contribution in [0, 0.1) is 11.8 Å². The van der Waals surface area contributed by atoms with Gasteiger partial charge in [0, 0.05) is 57.2 Å². The van der Waals surface area contributed by atoms with Crippen LogP contribution in [-0.4, -0.2) is 65.5 Å². The Hall–Kier alpha value is -3.14. The SMILES string of the molecule is CC(C)c1ccc(CN(CCCN2CCCC2=O)CC(O)CNC(=O)C#Cc2ccccc2)cc1. The van der Waals surface area contributed by atoms with Gasteiger partial charge in [-0.15, -0.1) is 0 Å². The molecule has 186 valence electrons. The molecule has 6 heteroatoms. The highest BCUT2D eigenvalue weighted by Gasteiger charge is 2.20. The van der Waals surface area contributed by atoms with E-state index in [0.717, 1.165) is 38.0 Å². The molecule has 0 aliphatic carbocycles. The summed E-state index contributed by atoms with van der Waals surface area (Å²) in [5, 5.41) is 13.3. The van der Waals surface area contributed by atoms with Gasteiger partial charge in [-0.3, -0.25) is 14.5 Å². The predicted octanol–water partition coefficient (Wildman–Crippen LogP) is 3.15. The van der Waals surface area contributed by atoms with Crippen molar-refractivity contribution in [2.45, 2.75) is 51.7 Å². The highest BCUT2D eigenvalue weighted by Crippen LogP contribution is 2.16. The third kappa shape index (κ3) is 9.20. The molecule has 2 N–H and O–H groups in total. The fourth-order valence-electron chi connectivity index (χ4n) is 4.19. The molecule has 1 atom stereocenters. The van der Waals surface area contributed by atoms with Crippen LogP contribution in [0.4, 0.5) is 0 Å². The number of nitrogens with zero attached hydrogens (tertiary/aromatic N) is 2. The fourth-order valence-corrected chi connectivity index (χ4v) is 4.19. The second-order valence-electron chi connectivity index (χ2n) is 9.45. The second-order valence-corrected chi connectivity index (χ2v) is 9.45. The zero-order chi connectivity index (χ0) is 25.0. The van der Waals surface area contributed by atoms with Crippen LogP contribution in [0.1, 0.15) is 55.7 Å². The number of carbonyl (C=O) groups is 2. The first-order valence-corrected chi connectivity index (χ1v) is 12.5. The molecule has 1 aliphatic rings. The standard InChI is InChI=1S/C29H37N3O3/c1-23(2)26-14-11-25(12-15-26)21-31(17-7-19-32-18-6-10-29(32)35)22-27(33)20-30-28(34)16-13-24-8-4-3-5-9-24/h3-5,8-9,11-12,14-15,23,27,33H,6-7,10,17-22H2,1-2H3,(H,30,34). The lowest BCUT2D eigenvalue weighted by molar-refractivity contribution is -0.127. The van der Waals surface area contributed by atoms with Crippen molar-refractivity contribution in [1.29, 1.82) is 0 Å². The molecule has 1 fully saturated rings. The average molecular weight is 476 g/mol. The van der Waals surface area contributed by atoms with Gasteiger partial charge in [-0.05, 0) is 42.0 Å². The quantitative estimate of drug-likeness (QED) is 0.490. The number of aliphatic hydroxyl groups excluding tert-OH is 1. The van der Waals surface area contributed by atoms with Crippen LogP contribution < -0.4 is 5.32 Å². The van der Waals surface area contributed by atoms with Crippen molar-refractivity contribution in [3.63, 3.8) is 0 Å². The van der Waals surface area contributed by atoms with Crippen LogP contribution in [0.5, 0.6) is 0 Å². The maximum absolute atomic E-state index is 12.1. The summed E-state index contributed by atoms with van der Waals surface area (Å²) in [6, 6.07) is 17.9. The first-order chi connectivity index (χ1) is 16.9. The number of carbonyl (C=O) groups excluding carboxylic acids is 2. The van der Waals surface area contributed by atoms with E-state index >= 15 is 0 Å². The summed E-state index contributed by atoms with van der Waals surface area (Å²) >= 11 is 0. The Labute approximate surface area is 209 Å². The van der Waals surface area contributed by atoms with E-state index in [1.54, 1.807) is 0 Å². The zero-order valence-electron chi connectivity index (χ0n) is 20.9. The van der Waals surface area contributed by atoms with Gasteiger partial charge in [0.05, 0.1) is 6.10 Å². The van der Waals surface area contributed by atoms with Crippen LogP contribution >= 0.6 is 0 Å². The Morgan fingerprint density at radius 2 is 1.89 bits per heavy atom. The molecule has 2 amide bonds. The van der Waals surface area contributed by atoms with E-state index in [-0.39, 0.29) is 12.5 Å². The molecule has 1 saturated heterocycles. The third-order valence-corrected chi connectivity index (χ3v) is 6.19. The Kier molecular flexibility index (Phi) is 10.3. The van der Waals surface area contributed by atoms with Crippen molar-refractivity contribution in [2.24, 2.45) is 0 Å². The molecule has 0 spiro atoms. The molecule has 2 aromatic carbocycles. The molecule has 0 radical (unpaired) electrons. The third-order valence-electron chi connectivity index (χ3n) is 6.19. The lowest BCUT2D eigenvalue weighted by Gasteiger charge is -2.26. The Morgan fingerprint density at radius 3 is 2.54 bits per heavy atom. The number of hydrogen-bond acceptors (Lipinski definition) is 4. The maximum atomic E-state index is 12.1. The normalized spacial score (nSPS) is 14.2. The molecule has 0 bridgehead atoms. The number of likely N-dealkylation sites (tertiary alicyclic amines) is 1. The van der Waals surface area contributed by atoms with Gasteiger partial charge in [0.1, 0.15) is 0 Å². The Bertz CT molecular complexity index is 1010. The van der Waals surface area contributed by atoms with Crippen molar-refractivity contribution >= 4 is 11.8 Å². The van der Waals surface area contributed by atoms with Crippen LogP contribution in [0.3, 0.4) is 0 Å². The highest BCUT2D eigenvalue weighted by atomic mass is 16.3. The van der Waals surface area contributed by atoms with Gasteiger partial charge < -0.3 is 15.3 Å². The van der Waals surface area contributed by atoms with Gasteiger partial charge in [0.25, 0.3) is 5.91 Å². The van der Waals surface area contributed by atoms with E-state index in [9.17, 15) is 14.7 Å². The summed E-state index contributed by atoms with van der Waals surface area (Å²) in [6.45, 7) is 7.95. The number of nitrogens with one attached hydrogen (secondary N) is 1. The van der Waals surface area contributed by atoms with Crippen LogP contribution in [0.25, 0.3) is 0 Å². The predicted molar refractivity (Wildman–Crippen MR) is 139 cm³/mol. The van der Waals surface area contributed by atoms with Gasteiger partial charge in [-0.2, -0.15) is 0 Å². The lowest BCUT2D eigenvalue weighted by Crippen LogP contribution is -2.40. The van der Waals surface area contributed by atoms with Crippen LogP contribution in [0.15, 0.2) is 54.6 Å². The number of hydrogen-bond donors (Lipinski definition) is 2. The van der Waals surface area contributed by atoms with Crippen molar-refractivity contribution in [3.05, 3.63) is 71.3 Å². The molecule has 0 saturated carbocycles. The topological polar surface area (TPSA) is 72.9 Å². The summed E-state index contributed by atoms with van der Waals surface area (Å²) in [7, 11) is 0. The maximum Gasteiger partial charge on any atom is 0.296 e. The molecule has 1 heterocycles. The average Bonchev–Trinajstić information content (AvgIpc) is 3.26. The Morgan fingerprint density at radius 1 is 1.14 bits per heavy atom. The summed E-state index contributed by atoms with van der Waals surface area (Å²) < 4.78 is 0. The summed E-state index contributed by atoms with van der Waals surface area (Å²) in [6.07, 6.45) is 1.71. The van der Waals surface area contributed by atoms with Crippen LogP contribution in [-0.2, 0) is 16.1 Å². The highest BCUT2D eigenvalue weighted by molar-refractivity contribution is 5.94. The molecule has 3 rings (SSSR count). The van der Waals surface area contributed by atoms with Crippen molar-refractivity contribution in [2.75, 3.05) is 32.7 Å². The van der Waals surface area contributed by atoms with E-state index in [2.05, 4.69) is 60.2 Å². The molecule has 1 aliphatic heterocycles. The molecular weight excluding hydrogens is 438 g/mol. The van der Waals surface area contributed by atoms with Gasteiger partial charge in [0.2, 0.25) is 5.91 Å². The zero-order valence-corrected chi connectivity index (χ0v) is 20.9. The lowest BCUT2D eigenvalue weighted by atomic mass is 10.0. The van der Waals surface area contributed by atoms with E-state index in [1.165, 1.54) is 11.1 Å². The van der Waals surface area contributed by atoms with Gasteiger partial charge in [-0.25, -0.2) is 0 Å². The summed E-state index contributed by atoms with van der Waals surface area (Å²) in [5.74, 6) is 5.71. The van der Waals surface area contributed by atoms with Gasteiger partial charge in [0.15, 0.2) is 0 Å². The van der Waals surface area contributed by atoms with Crippen molar-refractivity contribution in [1.82, 2.24) is 15.1 Å². The van der Waals surface area contributed by atoms with Crippen molar-refractivity contribution in [3.8, 4) is 11.8 Å². The van der Waals surface area contributed by atoms with Crippen molar-refractivity contribution < 1.29 is 14.7 Å². The monoisotopic (exact) mass is 475 g/mol. The fraction of sp³-hybridized carbons (Fsp3) is 0.448. The number of amides is 2. The van der Waals surface area contributed by atoms with E-state index in [4.69, 9.17) is 0 Å². The molecule has 6 nitrogen and oxygen atoms in total. The first kappa shape index (κ1) is 26.5. The molecular formula is C29H37N3O3. The minimum atomic E-state index is -0.721. The van der Waals surface area contributed by atoms with E-state index < -0.39 is 12.0 Å². The molecule has 2 aromatic rings. The number of benzene rings is 2. The minimum Gasteiger partial charge on any atom is -0.390 e.